The van der Waals surface area contributed by atoms with E-state index in [9.17, 15) is 8.42 Å². The fourth-order valence-corrected chi connectivity index (χ4v) is 2.08. The standard InChI is InChI=1S/C8H9BrClNO3S/c1-14-8-3-2-6(4-7(8)10)11-15(12,13)5-9/h2-4,11H,5H2,1H3. The van der Waals surface area contributed by atoms with Crippen molar-refractivity contribution in [3.8, 4) is 5.75 Å². The van der Waals surface area contributed by atoms with E-state index in [0.717, 1.165) is 0 Å². The molecule has 0 fully saturated rings. The zero-order chi connectivity index (χ0) is 11.5. The third-order valence-electron chi connectivity index (χ3n) is 1.57. The smallest absolute Gasteiger partial charge is 0.242 e. The maximum atomic E-state index is 11.2. The molecular weight excluding hydrogens is 306 g/mol. The monoisotopic (exact) mass is 313 g/mol. The van der Waals surface area contributed by atoms with Crippen molar-refractivity contribution in [2.75, 3.05) is 16.5 Å². The lowest BCUT2D eigenvalue weighted by atomic mass is 10.3. The van der Waals surface area contributed by atoms with E-state index in [4.69, 9.17) is 16.3 Å². The second-order valence-electron chi connectivity index (χ2n) is 2.68. The van der Waals surface area contributed by atoms with Crippen molar-refractivity contribution in [1.82, 2.24) is 0 Å². The van der Waals surface area contributed by atoms with E-state index in [2.05, 4.69) is 20.7 Å². The first kappa shape index (κ1) is 12.6. The molecule has 7 heteroatoms. The first-order valence-corrected chi connectivity index (χ1v) is 7.03. The van der Waals surface area contributed by atoms with Gasteiger partial charge in [0.25, 0.3) is 0 Å². The molecule has 1 rings (SSSR count). The average Bonchev–Trinajstić information content (AvgIpc) is 2.17. The van der Waals surface area contributed by atoms with E-state index < -0.39 is 10.0 Å². The molecule has 0 aromatic heterocycles. The molecule has 0 bridgehead atoms. The summed E-state index contributed by atoms with van der Waals surface area (Å²) in [4.78, 5) is 0. The average molecular weight is 315 g/mol. The third kappa shape index (κ3) is 3.55. The Bertz CT molecular complexity index is 449. The Morgan fingerprint density at radius 1 is 1.53 bits per heavy atom. The van der Waals surface area contributed by atoms with E-state index in [1.807, 2.05) is 0 Å². The zero-order valence-electron chi connectivity index (χ0n) is 7.83. The van der Waals surface area contributed by atoms with Crippen LogP contribution in [0.5, 0.6) is 5.75 Å². The van der Waals surface area contributed by atoms with Crippen LogP contribution in [-0.4, -0.2) is 20.2 Å². The summed E-state index contributed by atoms with van der Waals surface area (Å²) in [6, 6.07) is 4.65. The Morgan fingerprint density at radius 2 is 2.20 bits per heavy atom. The lowest BCUT2D eigenvalue weighted by Gasteiger charge is -2.07. The number of ether oxygens (including phenoxy) is 1. The Labute approximate surface area is 102 Å². The highest BCUT2D eigenvalue weighted by Gasteiger charge is 2.09. The van der Waals surface area contributed by atoms with Crippen LogP contribution in [0.2, 0.25) is 5.02 Å². The topological polar surface area (TPSA) is 55.4 Å². The van der Waals surface area contributed by atoms with Crippen LogP contribution in [0.4, 0.5) is 5.69 Å². The molecule has 15 heavy (non-hydrogen) atoms. The molecule has 4 nitrogen and oxygen atoms in total. The van der Waals surface area contributed by atoms with Gasteiger partial charge in [0, 0.05) is 0 Å². The normalized spacial score (nSPS) is 11.1. The van der Waals surface area contributed by atoms with Crippen molar-refractivity contribution in [1.29, 1.82) is 0 Å². The molecule has 0 spiro atoms. The van der Waals surface area contributed by atoms with Gasteiger partial charge in [0.05, 0.1) is 17.8 Å². The Balaban J connectivity index is 2.94. The largest absolute Gasteiger partial charge is 0.495 e. The van der Waals surface area contributed by atoms with Gasteiger partial charge in [0.15, 0.2) is 0 Å². The molecule has 0 aliphatic heterocycles. The van der Waals surface area contributed by atoms with Gasteiger partial charge in [-0.1, -0.05) is 27.5 Å². The molecule has 1 aromatic rings. The first-order chi connectivity index (χ1) is 6.98. The van der Waals surface area contributed by atoms with Crippen LogP contribution in [0.25, 0.3) is 0 Å². The Morgan fingerprint density at radius 3 is 2.67 bits per heavy atom. The minimum absolute atomic E-state index is 0.163. The summed E-state index contributed by atoms with van der Waals surface area (Å²) >= 11 is 8.70. The van der Waals surface area contributed by atoms with Crippen LogP contribution in [0.15, 0.2) is 18.2 Å². The van der Waals surface area contributed by atoms with Crippen molar-refractivity contribution < 1.29 is 13.2 Å². The van der Waals surface area contributed by atoms with Gasteiger partial charge in [0.2, 0.25) is 10.0 Å². The molecule has 1 N–H and O–H groups in total. The van der Waals surface area contributed by atoms with Crippen molar-refractivity contribution in [2.24, 2.45) is 0 Å². The summed E-state index contributed by atoms with van der Waals surface area (Å²) in [5, 5.41) is 0.354. The number of sulfonamides is 1. The van der Waals surface area contributed by atoms with Crippen LogP contribution < -0.4 is 9.46 Å². The van der Waals surface area contributed by atoms with E-state index in [-0.39, 0.29) is 4.66 Å². The quantitative estimate of drug-likeness (QED) is 0.869. The number of hydrogen-bond acceptors (Lipinski definition) is 3. The second kappa shape index (κ2) is 5.05. The number of halogens is 2. The molecule has 0 saturated heterocycles. The minimum Gasteiger partial charge on any atom is -0.495 e. The van der Waals surface area contributed by atoms with Gasteiger partial charge in [0.1, 0.15) is 10.4 Å². The fraction of sp³-hybridized carbons (Fsp3) is 0.250. The molecule has 0 aliphatic carbocycles. The molecule has 0 amide bonds. The minimum atomic E-state index is -3.34. The van der Waals surface area contributed by atoms with Gasteiger partial charge in [-0.25, -0.2) is 8.42 Å². The number of anilines is 1. The summed E-state index contributed by atoms with van der Waals surface area (Å²) < 4.78 is 29.5. The highest BCUT2D eigenvalue weighted by atomic mass is 79.9. The van der Waals surface area contributed by atoms with Crippen LogP contribution in [0, 0.1) is 0 Å². The highest BCUT2D eigenvalue weighted by Crippen LogP contribution is 2.27. The molecule has 1 aromatic carbocycles. The van der Waals surface area contributed by atoms with E-state index in [1.165, 1.54) is 13.2 Å². The number of rotatable bonds is 4. The van der Waals surface area contributed by atoms with Crippen LogP contribution in [-0.2, 0) is 10.0 Å². The first-order valence-electron chi connectivity index (χ1n) is 3.88. The zero-order valence-corrected chi connectivity index (χ0v) is 11.0. The van der Waals surface area contributed by atoms with Gasteiger partial charge >= 0.3 is 0 Å². The number of nitrogens with one attached hydrogen (secondary N) is 1. The summed E-state index contributed by atoms with van der Waals surface area (Å²) in [5.74, 6) is 0.499. The lowest BCUT2D eigenvalue weighted by molar-refractivity contribution is 0.415. The molecule has 0 heterocycles. The predicted molar refractivity (Wildman–Crippen MR) is 64.3 cm³/mol. The maximum absolute atomic E-state index is 11.2. The Hall–Kier alpha value is -0.460. The third-order valence-corrected chi connectivity index (χ3v) is 4.51. The lowest BCUT2D eigenvalue weighted by Crippen LogP contribution is -2.13. The van der Waals surface area contributed by atoms with Gasteiger partial charge in [-0.15, -0.1) is 0 Å². The molecular formula is C8H9BrClNO3S. The number of hydrogen-bond donors (Lipinski definition) is 1. The summed E-state index contributed by atoms with van der Waals surface area (Å²) in [6.07, 6.45) is 0. The van der Waals surface area contributed by atoms with Crippen molar-refractivity contribution in [3.05, 3.63) is 23.2 Å². The summed E-state index contributed by atoms with van der Waals surface area (Å²) in [6.45, 7) is 0. The predicted octanol–water partition coefficient (Wildman–Crippen LogP) is 2.44. The van der Waals surface area contributed by atoms with E-state index in [0.29, 0.717) is 16.5 Å². The van der Waals surface area contributed by atoms with Crippen LogP contribution in [0.1, 0.15) is 0 Å². The SMILES string of the molecule is COc1ccc(NS(=O)(=O)CBr)cc1Cl. The number of alkyl halides is 1. The van der Waals surface area contributed by atoms with E-state index in [1.54, 1.807) is 12.1 Å². The van der Waals surface area contributed by atoms with Gasteiger partial charge in [-0.3, -0.25) is 4.72 Å². The van der Waals surface area contributed by atoms with Crippen LogP contribution >= 0.6 is 27.5 Å². The fourth-order valence-electron chi connectivity index (χ4n) is 0.937. The van der Waals surface area contributed by atoms with Gasteiger partial charge in [-0.05, 0) is 18.2 Å². The van der Waals surface area contributed by atoms with Crippen molar-refractivity contribution in [2.45, 2.75) is 0 Å². The van der Waals surface area contributed by atoms with Gasteiger partial charge in [-0.2, -0.15) is 0 Å². The van der Waals surface area contributed by atoms with Crippen LogP contribution in [0.3, 0.4) is 0 Å². The number of methoxy groups -OCH3 is 1. The molecule has 0 atom stereocenters. The molecule has 0 unspecified atom stereocenters. The molecule has 0 radical (unpaired) electrons. The summed E-state index contributed by atoms with van der Waals surface area (Å²) in [7, 11) is -1.85. The van der Waals surface area contributed by atoms with E-state index >= 15 is 0 Å². The molecule has 0 aliphatic rings. The summed E-state index contributed by atoms with van der Waals surface area (Å²) in [5.41, 5.74) is 0.403. The Kier molecular flexibility index (Phi) is 4.24. The van der Waals surface area contributed by atoms with Crippen molar-refractivity contribution >= 4 is 43.2 Å². The van der Waals surface area contributed by atoms with Gasteiger partial charge < -0.3 is 4.74 Å². The van der Waals surface area contributed by atoms with Crippen molar-refractivity contribution in [3.63, 3.8) is 0 Å². The maximum Gasteiger partial charge on any atom is 0.242 e. The molecule has 84 valence electrons. The highest BCUT2D eigenvalue weighted by molar-refractivity contribution is 9.10. The molecule has 0 saturated carbocycles. The second-order valence-corrected chi connectivity index (χ2v) is 6.11. The number of benzene rings is 1.